The van der Waals surface area contributed by atoms with E-state index in [1.54, 1.807) is 0 Å². The summed E-state index contributed by atoms with van der Waals surface area (Å²) in [6.07, 6.45) is 4.34. The maximum atomic E-state index is 11.4. The number of para-hydroxylation sites is 1. The number of carbonyl (C=O) groups is 1. The molecule has 1 aliphatic carbocycles. The van der Waals surface area contributed by atoms with E-state index in [-0.39, 0.29) is 0 Å². The predicted octanol–water partition coefficient (Wildman–Crippen LogP) is 2.86. The number of nitrogens with one attached hydrogen (secondary N) is 1. The van der Waals surface area contributed by atoms with Gasteiger partial charge in [-0.15, -0.1) is 0 Å². The minimum absolute atomic E-state index is 0.346. The summed E-state index contributed by atoms with van der Waals surface area (Å²) in [6.45, 7) is 0. The first kappa shape index (κ1) is 9.97. The molecule has 2 nitrogen and oxygen atoms in total. The topological polar surface area (TPSA) is 29.1 Å². The lowest BCUT2D eigenvalue weighted by molar-refractivity contribution is -0.118. The Labute approximate surface area is 90.0 Å². The molecule has 15 heavy (non-hydrogen) atoms. The second kappa shape index (κ2) is 4.30. The molecule has 0 saturated carbocycles. The van der Waals surface area contributed by atoms with Gasteiger partial charge < -0.3 is 5.32 Å². The van der Waals surface area contributed by atoms with Crippen molar-refractivity contribution < 1.29 is 4.79 Å². The van der Waals surface area contributed by atoms with E-state index >= 15 is 0 Å². The van der Waals surface area contributed by atoms with Crippen LogP contribution >= 0.6 is 0 Å². The maximum Gasteiger partial charge on any atom is 0.137 e. The van der Waals surface area contributed by atoms with E-state index < -0.39 is 0 Å². The number of hydrogen-bond acceptors (Lipinski definition) is 2. The van der Waals surface area contributed by atoms with Gasteiger partial charge in [0.15, 0.2) is 0 Å². The second-order valence-corrected chi connectivity index (χ2v) is 3.78. The number of anilines is 1. The predicted molar refractivity (Wildman–Crippen MR) is 62.8 cm³/mol. The highest BCUT2D eigenvalue weighted by molar-refractivity contribution is 5.94. The minimum atomic E-state index is 0.346. The Kier molecular flexibility index (Phi) is 2.86. The molecule has 0 heterocycles. The van der Waals surface area contributed by atoms with Crippen molar-refractivity contribution in [1.82, 2.24) is 0 Å². The van der Waals surface area contributed by atoms with Crippen molar-refractivity contribution in [3.8, 4) is 0 Å². The summed E-state index contributed by atoms with van der Waals surface area (Å²) in [5.74, 6) is 0.346. The summed E-state index contributed by atoms with van der Waals surface area (Å²) in [4.78, 5) is 11.4. The third-order valence-corrected chi connectivity index (χ3v) is 2.74. The number of rotatable bonds is 2. The van der Waals surface area contributed by atoms with E-state index in [0.717, 1.165) is 23.2 Å². The molecule has 2 heteroatoms. The minimum Gasteiger partial charge on any atom is -0.388 e. The van der Waals surface area contributed by atoms with Crippen molar-refractivity contribution >= 4 is 17.0 Å². The molecule has 0 fully saturated rings. The summed E-state index contributed by atoms with van der Waals surface area (Å²) in [7, 11) is 1.91. The standard InChI is InChI=1S/C13H15NO/c1-14-13-8-3-2-7-12(13)10-5-4-6-11(15)9-10/h2-3,5,7-8,14H,4,6,9H2,1H3. The van der Waals surface area contributed by atoms with Gasteiger partial charge in [-0.05, 0) is 18.1 Å². The zero-order valence-electron chi connectivity index (χ0n) is 8.92. The van der Waals surface area contributed by atoms with E-state index in [2.05, 4.69) is 17.5 Å². The van der Waals surface area contributed by atoms with Gasteiger partial charge in [-0.2, -0.15) is 0 Å². The first-order valence-corrected chi connectivity index (χ1v) is 5.29. The van der Waals surface area contributed by atoms with Gasteiger partial charge in [-0.1, -0.05) is 24.3 Å². The van der Waals surface area contributed by atoms with Crippen molar-refractivity contribution in [2.24, 2.45) is 0 Å². The molecule has 0 aliphatic heterocycles. The zero-order chi connectivity index (χ0) is 10.7. The third kappa shape index (κ3) is 2.09. The van der Waals surface area contributed by atoms with Crippen LogP contribution in [0.5, 0.6) is 0 Å². The van der Waals surface area contributed by atoms with Crippen molar-refractivity contribution in [2.45, 2.75) is 19.3 Å². The Hall–Kier alpha value is -1.57. The molecule has 0 spiro atoms. The van der Waals surface area contributed by atoms with Gasteiger partial charge >= 0.3 is 0 Å². The molecule has 0 unspecified atom stereocenters. The average Bonchev–Trinajstić information content (AvgIpc) is 2.29. The van der Waals surface area contributed by atoms with Crippen molar-refractivity contribution in [3.63, 3.8) is 0 Å². The number of benzene rings is 1. The van der Waals surface area contributed by atoms with Gasteiger partial charge in [0.25, 0.3) is 0 Å². The highest BCUT2D eigenvalue weighted by Gasteiger charge is 2.14. The molecule has 1 N–H and O–H groups in total. The second-order valence-electron chi connectivity index (χ2n) is 3.78. The van der Waals surface area contributed by atoms with Crippen LogP contribution in [0.3, 0.4) is 0 Å². The van der Waals surface area contributed by atoms with Gasteiger partial charge in [-0.3, -0.25) is 4.79 Å². The molecule has 0 aromatic heterocycles. The monoisotopic (exact) mass is 201 g/mol. The number of ketones is 1. The summed E-state index contributed by atoms with van der Waals surface area (Å²) in [5.41, 5.74) is 3.42. The molecule has 1 aromatic rings. The van der Waals surface area contributed by atoms with Crippen molar-refractivity contribution in [3.05, 3.63) is 35.9 Å². The van der Waals surface area contributed by atoms with Crippen LogP contribution < -0.4 is 5.32 Å². The lowest BCUT2D eigenvalue weighted by Gasteiger charge is -2.15. The van der Waals surface area contributed by atoms with Crippen LogP contribution in [0.25, 0.3) is 5.57 Å². The van der Waals surface area contributed by atoms with E-state index in [4.69, 9.17) is 0 Å². The lowest BCUT2D eigenvalue weighted by atomic mass is 9.92. The molecule has 1 aromatic carbocycles. The SMILES string of the molecule is CNc1ccccc1C1=CCCC(=O)C1. The highest BCUT2D eigenvalue weighted by Crippen LogP contribution is 2.29. The zero-order valence-corrected chi connectivity index (χ0v) is 8.92. The molecule has 78 valence electrons. The van der Waals surface area contributed by atoms with E-state index in [9.17, 15) is 4.79 Å². The Bertz CT molecular complexity index is 407. The maximum absolute atomic E-state index is 11.4. The lowest BCUT2D eigenvalue weighted by Crippen LogP contribution is -2.05. The molecule has 0 radical (unpaired) electrons. The Morgan fingerprint density at radius 1 is 1.27 bits per heavy atom. The first-order chi connectivity index (χ1) is 7.31. The van der Waals surface area contributed by atoms with Gasteiger partial charge in [0.05, 0.1) is 0 Å². The van der Waals surface area contributed by atoms with Gasteiger partial charge in [0.1, 0.15) is 5.78 Å². The molecule has 1 aliphatic rings. The Morgan fingerprint density at radius 2 is 2.07 bits per heavy atom. The van der Waals surface area contributed by atoms with Gasteiger partial charge in [0.2, 0.25) is 0 Å². The highest BCUT2D eigenvalue weighted by atomic mass is 16.1. The number of Topliss-reactive ketones (excluding diaryl/α,β-unsaturated/α-hetero) is 1. The Morgan fingerprint density at radius 3 is 2.80 bits per heavy atom. The third-order valence-electron chi connectivity index (χ3n) is 2.74. The van der Waals surface area contributed by atoms with E-state index in [1.165, 1.54) is 0 Å². The van der Waals surface area contributed by atoms with Crippen LogP contribution in [0.4, 0.5) is 5.69 Å². The largest absolute Gasteiger partial charge is 0.388 e. The van der Waals surface area contributed by atoms with Crippen LogP contribution in [0.2, 0.25) is 0 Å². The van der Waals surface area contributed by atoms with Crippen LogP contribution in [0, 0.1) is 0 Å². The molecule has 2 rings (SSSR count). The molecule has 0 bridgehead atoms. The summed E-state index contributed by atoms with van der Waals surface area (Å²) in [6, 6.07) is 8.11. The van der Waals surface area contributed by atoms with Crippen molar-refractivity contribution in [2.75, 3.05) is 12.4 Å². The van der Waals surface area contributed by atoms with E-state index in [1.807, 2.05) is 25.2 Å². The van der Waals surface area contributed by atoms with E-state index in [0.29, 0.717) is 18.6 Å². The summed E-state index contributed by atoms with van der Waals surface area (Å²) in [5, 5.41) is 3.16. The fraction of sp³-hybridized carbons (Fsp3) is 0.308. The Balaban J connectivity index is 2.36. The van der Waals surface area contributed by atoms with Gasteiger partial charge in [-0.25, -0.2) is 0 Å². The summed E-state index contributed by atoms with van der Waals surface area (Å²) >= 11 is 0. The molecular weight excluding hydrogens is 186 g/mol. The smallest absolute Gasteiger partial charge is 0.137 e. The quantitative estimate of drug-likeness (QED) is 0.797. The van der Waals surface area contributed by atoms with Gasteiger partial charge in [0, 0.05) is 31.1 Å². The van der Waals surface area contributed by atoms with Crippen LogP contribution in [0.15, 0.2) is 30.3 Å². The molecule has 0 atom stereocenters. The molecule has 0 saturated heterocycles. The fourth-order valence-corrected chi connectivity index (χ4v) is 1.97. The summed E-state index contributed by atoms with van der Waals surface area (Å²) < 4.78 is 0. The normalized spacial score (nSPS) is 16.1. The van der Waals surface area contributed by atoms with Crippen LogP contribution in [0.1, 0.15) is 24.8 Å². The average molecular weight is 201 g/mol. The van der Waals surface area contributed by atoms with Crippen LogP contribution in [-0.4, -0.2) is 12.8 Å². The number of allylic oxidation sites excluding steroid dienone is 2. The molecule has 0 amide bonds. The number of hydrogen-bond donors (Lipinski definition) is 1. The number of carbonyl (C=O) groups excluding carboxylic acids is 1. The van der Waals surface area contributed by atoms with Crippen molar-refractivity contribution in [1.29, 1.82) is 0 Å². The molecular formula is C13H15NO. The van der Waals surface area contributed by atoms with Crippen LogP contribution in [-0.2, 0) is 4.79 Å². The first-order valence-electron chi connectivity index (χ1n) is 5.29. The fourth-order valence-electron chi connectivity index (χ4n) is 1.97.